The molecule has 0 fully saturated rings. The lowest BCUT2D eigenvalue weighted by Gasteiger charge is -2.31. The summed E-state index contributed by atoms with van der Waals surface area (Å²) in [4.78, 5) is 21.8. The lowest BCUT2D eigenvalue weighted by Crippen LogP contribution is -2.46. The van der Waals surface area contributed by atoms with Crippen LogP contribution in [0.25, 0.3) is 0 Å². The van der Waals surface area contributed by atoms with Crippen molar-refractivity contribution in [2.45, 2.75) is 25.3 Å². The van der Waals surface area contributed by atoms with Crippen LogP contribution in [0.1, 0.15) is 19.4 Å². The number of nitrogens with zero attached hydrogens (tertiary/aromatic N) is 3. The third-order valence-corrected chi connectivity index (χ3v) is 5.66. The Balaban J connectivity index is 2.01. The number of amides is 1. The molecule has 1 aliphatic heterocycles. The van der Waals surface area contributed by atoms with Crippen LogP contribution in [0.5, 0.6) is 0 Å². The standard InChI is InChI=1S/C21H24N4O2S/c1-16(2)19-20(28-18-7-5-4-6-8-18)25(14-24-19,15-27-21(26)22-3)13-17-9-11-23-12-10-17/h4-12,14,16H,13,15H2,1-3H3/p+1. The quantitative estimate of drug-likeness (QED) is 0.705. The van der Waals surface area contributed by atoms with Gasteiger partial charge in [-0.2, -0.15) is 0 Å². The van der Waals surface area contributed by atoms with Crippen molar-refractivity contribution in [1.82, 2.24) is 10.3 Å². The van der Waals surface area contributed by atoms with Gasteiger partial charge in [-0.25, -0.2) is 14.3 Å². The van der Waals surface area contributed by atoms with E-state index >= 15 is 0 Å². The number of rotatable bonds is 7. The molecule has 0 saturated heterocycles. The SMILES string of the molecule is CNC(=O)OC[N+]1(Cc2ccncc2)C=NC(C(C)C)=C1Sc1ccccc1. The van der Waals surface area contributed by atoms with Crippen molar-refractivity contribution in [3.05, 3.63) is 71.1 Å². The molecule has 28 heavy (non-hydrogen) atoms. The first-order valence-electron chi connectivity index (χ1n) is 9.17. The van der Waals surface area contributed by atoms with Gasteiger partial charge in [-0.1, -0.05) is 32.0 Å². The van der Waals surface area contributed by atoms with Crippen LogP contribution in [0.3, 0.4) is 0 Å². The third kappa shape index (κ3) is 4.61. The van der Waals surface area contributed by atoms with Gasteiger partial charge in [0.2, 0.25) is 11.8 Å². The highest BCUT2D eigenvalue weighted by Gasteiger charge is 2.42. The first kappa shape index (κ1) is 20.1. The zero-order valence-electron chi connectivity index (χ0n) is 16.3. The summed E-state index contributed by atoms with van der Waals surface area (Å²) in [5.74, 6) is 0.250. The highest BCUT2D eigenvalue weighted by atomic mass is 32.2. The maximum atomic E-state index is 11.8. The van der Waals surface area contributed by atoms with Gasteiger partial charge >= 0.3 is 6.09 Å². The van der Waals surface area contributed by atoms with Crippen LogP contribution >= 0.6 is 11.8 Å². The van der Waals surface area contributed by atoms with E-state index in [9.17, 15) is 4.79 Å². The fourth-order valence-electron chi connectivity index (χ4n) is 2.96. The Morgan fingerprint density at radius 3 is 2.54 bits per heavy atom. The minimum atomic E-state index is -0.456. The van der Waals surface area contributed by atoms with Gasteiger partial charge in [-0.3, -0.25) is 4.98 Å². The van der Waals surface area contributed by atoms with Crippen molar-refractivity contribution in [3.8, 4) is 0 Å². The maximum Gasteiger partial charge on any atom is 0.411 e. The third-order valence-electron chi connectivity index (χ3n) is 4.39. The van der Waals surface area contributed by atoms with Gasteiger partial charge < -0.3 is 10.1 Å². The van der Waals surface area contributed by atoms with Gasteiger partial charge in [0.05, 0.1) is 0 Å². The summed E-state index contributed by atoms with van der Waals surface area (Å²) in [6.45, 7) is 5.04. The fourth-order valence-corrected chi connectivity index (χ4v) is 4.21. The van der Waals surface area contributed by atoms with Crippen molar-refractivity contribution in [2.75, 3.05) is 13.8 Å². The summed E-state index contributed by atoms with van der Waals surface area (Å²) in [5.41, 5.74) is 2.11. The monoisotopic (exact) mass is 397 g/mol. The molecule has 1 aromatic heterocycles. The van der Waals surface area contributed by atoms with Crippen LogP contribution in [-0.4, -0.2) is 35.7 Å². The number of thioether (sulfide) groups is 1. The second kappa shape index (κ2) is 9.03. The minimum Gasteiger partial charge on any atom is -0.398 e. The van der Waals surface area contributed by atoms with E-state index in [1.54, 1.807) is 31.2 Å². The molecule has 1 unspecified atom stereocenters. The minimum absolute atomic E-state index is 0.164. The lowest BCUT2D eigenvalue weighted by molar-refractivity contribution is -0.819. The second-order valence-electron chi connectivity index (χ2n) is 6.86. The number of quaternary nitrogens is 1. The van der Waals surface area contributed by atoms with Crippen molar-refractivity contribution in [1.29, 1.82) is 0 Å². The molecule has 2 aromatic rings. The van der Waals surface area contributed by atoms with E-state index in [0.717, 1.165) is 21.2 Å². The molecule has 0 radical (unpaired) electrons. The highest BCUT2D eigenvalue weighted by molar-refractivity contribution is 8.02. The molecule has 7 heteroatoms. The van der Waals surface area contributed by atoms with Crippen molar-refractivity contribution < 1.29 is 14.0 Å². The van der Waals surface area contributed by atoms with Crippen LogP contribution in [0.4, 0.5) is 4.79 Å². The van der Waals surface area contributed by atoms with Crippen LogP contribution in [-0.2, 0) is 11.3 Å². The Kier molecular flexibility index (Phi) is 6.49. The van der Waals surface area contributed by atoms with E-state index in [2.05, 4.69) is 36.3 Å². The molecule has 0 aliphatic carbocycles. The largest absolute Gasteiger partial charge is 0.411 e. The van der Waals surface area contributed by atoms with Gasteiger partial charge in [0.1, 0.15) is 12.2 Å². The maximum absolute atomic E-state index is 11.8. The van der Waals surface area contributed by atoms with Crippen LogP contribution in [0.2, 0.25) is 0 Å². The zero-order chi connectivity index (χ0) is 20.0. The first-order chi connectivity index (χ1) is 13.5. The van der Waals surface area contributed by atoms with Crippen LogP contribution in [0.15, 0.2) is 75.5 Å². The number of allylic oxidation sites excluding steroid dienone is 1. The van der Waals surface area contributed by atoms with Gasteiger partial charge in [-0.15, -0.1) is 0 Å². The molecule has 1 aromatic carbocycles. The molecule has 146 valence electrons. The Morgan fingerprint density at radius 2 is 1.89 bits per heavy atom. The second-order valence-corrected chi connectivity index (χ2v) is 7.93. The molecule has 2 heterocycles. The van der Waals surface area contributed by atoms with Crippen molar-refractivity contribution in [2.24, 2.45) is 10.9 Å². The first-order valence-corrected chi connectivity index (χ1v) is 9.99. The number of hydrogen-bond acceptors (Lipinski definition) is 5. The normalized spacial score (nSPS) is 18.6. The number of aliphatic imine (C=N–C) groups is 1. The number of nitrogens with one attached hydrogen (secondary N) is 1. The summed E-state index contributed by atoms with van der Waals surface area (Å²) in [7, 11) is 1.56. The van der Waals surface area contributed by atoms with Crippen molar-refractivity contribution >= 4 is 24.2 Å². The van der Waals surface area contributed by atoms with E-state index in [1.807, 2.05) is 36.7 Å². The number of aromatic nitrogens is 1. The Bertz CT molecular complexity index is 868. The van der Waals surface area contributed by atoms with E-state index in [4.69, 9.17) is 9.73 Å². The van der Waals surface area contributed by atoms with Crippen LogP contribution in [0, 0.1) is 5.92 Å². The number of pyridine rings is 1. The highest BCUT2D eigenvalue weighted by Crippen LogP contribution is 2.42. The summed E-state index contributed by atoms with van der Waals surface area (Å²) in [6.07, 6.45) is 4.98. The summed E-state index contributed by atoms with van der Waals surface area (Å²) in [5, 5.41) is 3.59. The van der Waals surface area contributed by atoms with E-state index in [1.165, 1.54) is 0 Å². The smallest absolute Gasteiger partial charge is 0.398 e. The zero-order valence-corrected chi connectivity index (χ0v) is 17.1. The number of carbonyl (C=O) groups excluding carboxylic acids is 1. The predicted molar refractivity (Wildman–Crippen MR) is 111 cm³/mol. The fraction of sp³-hybridized carbons (Fsp3) is 0.286. The molecule has 1 N–H and O–H groups in total. The number of carbonyl (C=O) groups is 1. The Morgan fingerprint density at radius 1 is 1.18 bits per heavy atom. The van der Waals surface area contributed by atoms with E-state index < -0.39 is 6.09 Å². The number of ether oxygens (including phenoxy) is 1. The van der Waals surface area contributed by atoms with Gasteiger partial charge in [0.25, 0.3) is 0 Å². The van der Waals surface area contributed by atoms with Crippen LogP contribution < -0.4 is 5.32 Å². The van der Waals surface area contributed by atoms with E-state index in [-0.39, 0.29) is 12.6 Å². The lowest BCUT2D eigenvalue weighted by atomic mass is 10.1. The molecule has 1 atom stereocenters. The average Bonchev–Trinajstić information content (AvgIpc) is 3.06. The molecule has 6 nitrogen and oxygen atoms in total. The molecular formula is C21H25N4O2S+. The number of benzene rings is 1. The molecule has 3 rings (SSSR count). The molecule has 0 bridgehead atoms. The molecule has 1 aliphatic rings. The number of alkyl carbamates (subject to hydrolysis) is 1. The van der Waals surface area contributed by atoms with Crippen molar-refractivity contribution in [3.63, 3.8) is 0 Å². The molecule has 1 amide bonds. The predicted octanol–water partition coefficient (Wildman–Crippen LogP) is 4.37. The topological polar surface area (TPSA) is 63.6 Å². The number of hydrogen-bond donors (Lipinski definition) is 1. The van der Waals surface area contributed by atoms with Gasteiger partial charge in [0, 0.05) is 35.8 Å². The van der Waals surface area contributed by atoms with Gasteiger partial charge in [0.15, 0.2) is 6.34 Å². The molecule has 0 spiro atoms. The van der Waals surface area contributed by atoms with E-state index in [0.29, 0.717) is 11.0 Å². The summed E-state index contributed by atoms with van der Waals surface area (Å²) < 4.78 is 5.84. The Hall–Kier alpha value is -2.64. The molecular weight excluding hydrogens is 372 g/mol. The average molecular weight is 398 g/mol. The molecule has 0 saturated carbocycles. The summed E-state index contributed by atoms with van der Waals surface area (Å²) in [6, 6.07) is 14.2. The summed E-state index contributed by atoms with van der Waals surface area (Å²) >= 11 is 1.67. The Labute approximate surface area is 169 Å². The van der Waals surface area contributed by atoms with Gasteiger partial charge in [-0.05, 0) is 36.0 Å².